The van der Waals surface area contributed by atoms with Gasteiger partial charge in [0.1, 0.15) is 23.7 Å². The molecule has 0 spiro atoms. The van der Waals surface area contributed by atoms with Crippen molar-refractivity contribution in [2.45, 2.75) is 37.7 Å². The van der Waals surface area contributed by atoms with Crippen molar-refractivity contribution in [1.29, 1.82) is 0 Å². The summed E-state index contributed by atoms with van der Waals surface area (Å²) in [5.74, 6) is 0.326. The highest BCUT2D eigenvalue weighted by molar-refractivity contribution is 5.09. The number of aliphatic hydroxyl groups is 1. The van der Waals surface area contributed by atoms with Gasteiger partial charge in [-0.05, 0) is 19.4 Å². The van der Waals surface area contributed by atoms with Gasteiger partial charge in [-0.1, -0.05) is 0 Å². The minimum Gasteiger partial charge on any atom is -0.382 e. The summed E-state index contributed by atoms with van der Waals surface area (Å²) in [7, 11) is 0. The number of imidazole rings is 1. The lowest BCUT2D eigenvalue weighted by Crippen LogP contribution is -2.46. The molecule has 0 amide bonds. The molecule has 0 saturated carbocycles. The third-order valence-electron chi connectivity index (χ3n) is 3.96. The van der Waals surface area contributed by atoms with Crippen LogP contribution in [-0.2, 0) is 18.7 Å². The molecule has 3 heterocycles. The van der Waals surface area contributed by atoms with Crippen molar-refractivity contribution in [3.63, 3.8) is 0 Å². The topological polar surface area (TPSA) is 82.9 Å². The zero-order chi connectivity index (χ0) is 16.5. The van der Waals surface area contributed by atoms with Gasteiger partial charge in [-0.2, -0.15) is 28.6 Å². The fraction of sp³-hybridized carbons (Fsp3) is 0.615. The average molecular weight is 330 g/mol. The Bertz CT molecular complexity index is 640. The number of hydrogen-bond acceptors (Lipinski definition) is 5. The van der Waals surface area contributed by atoms with Crippen molar-refractivity contribution in [1.82, 2.24) is 29.9 Å². The van der Waals surface area contributed by atoms with Gasteiger partial charge in [0.15, 0.2) is 0 Å². The molecule has 2 aromatic heterocycles. The van der Waals surface area contributed by atoms with Crippen LogP contribution in [0.3, 0.4) is 0 Å². The Hall–Kier alpha value is -1.94. The molecule has 7 nitrogen and oxygen atoms in total. The third kappa shape index (κ3) is 3.70. The number of likely N-dealkylation sites (tertiary alicyclic amines) is 1. The van der Waals surface area contributed by atoms with E-state index in [1.54, 1.807) is 0 Å². The van der Waals surface area contributed by atoms with E-state index in [0.29, 0.717) is 30.9 Å². The number of halogens is 3. The summed E-state index contributed by atoms with van der Waals surface area (Å²) in [5, 5.41) is 20.8. The van der Waals surface area contributed by atoms with E-state index in [9.17, 15) is 18.3 Å². The molecule has 0 radical (unpaired) electrons. The molecule has 1 aliphatic rings. The Morgan fingerprint density at radius 1 is 1.39 bits per heavy atom. The highest BCUT2D eigenvalue weighted by Gasteiger charge is 2.37. The van der Waals surface area contributed by atoms with Gasteiger partial charge >= 0.3 is 6.18 Å². The molecule has 1 fully saturated rings. The van der Waals surface area contributed by atoms with Crippen molar-refractivity contribution >= 4 is 0 Å². The van der Waals surface area contributed by atoms with Crippen LogP contribution in [0.1, 0.15) is 24.4 Å². The number of H-pyrrole nitrogens is 1. The van der Waals surface area contributed by atoms with Crippen LogP contribution in [0.25, 0.3) is 0 Å². The summed E-state index contributed by atoms with van der Waals surface area (Å²) >= 11 is 0. The fourth-order valence-electron chi connectivity index (χ4n) is 2.92. The molecule has 0 aromatic carbocycles. The smallest absolute Gasteiger partial charge is 0.382 e. The number of β-amino-alcohol motifs (C(OH)–C–C–N with tert-alkyl or cyclic N) is 1. The molecule has 2 aromatic rings. The molecule has 2 N–H and O–H groups in total. The number of rotatable bonds is 4. The Labute approximate surface area is 130 Å². The van der Waals surface area contributed by atoms with E-state index in [2.05, 4.69) is 20.4 Å². The predicted octanol–water partition coefficient (Wildman–Crippen LogP) is 1.05. The van der Waals surface area contributed by atoms with Gasteiger partial charge in [0.05, 0.1) is 12.7 Å². The van der Waals surface area contributed by atoms with E-state index < -0.39 is 18.3 Å². The van der Waals surface area contributed by atoms with Gasteiger partial charge in [-0.25, -0.2) is 4.98 Å². The minimum atomic E-state index is -4.29. The molecule has 1 atom stereocenters. The molecular formula is C13H17F3N6O. The monoisotopic (exact) mass is 330 g/mol. The van der Waals surface area contributed by atoms with Gasteiger partial charge < -0.3 is 9.67 Å². The molecule has 0 bridgehead atoms. The van der Waals surface area contributed by atoms with E-state index in [4.69, 9.17) is 0 Å². The lowest BCUT2D eigenvalue weighted by molar-refractivity contribution is -0.141. The second-order valence-corrected chi connectivity index (χ2v) is 5.79. The first-order valence-corrected chi connectivity index (χ1v) is 7.23. The number of hydrogen-bond donors (Lipinski definition) is 2. The first-order valence-electron chi connectivity index (χ1n) is 7.23. The Kier molecular flexibility index (Phi) is 4.11. The number of nitrogens with zero attached hydrogens (tertiary/aromatic N) is 5. The summed E-state index contributed by atoms with van der Waals surface area (Å²) in [5.41, 5.74) is -0.701. The molecule has 10 heteroatoms. The van der Waals surface area contributed by atoms with E-state index >= 15 is 0 Å². The number of piperidine rings is 1. The standard InChI is InChI=1S/C13H17F3N6O/c14-13(15,16)9-22-5-3-17-11(22)7-21-4-1-2-12(23,8-21)10-6-18-20-19-10/h3,5-6,23H,1-2,4,7-9H2,(H,18,19,20). The molecule has 1 saturated heterocycles. The Morgan fingerprint density at radius 3 is 2.91 bits per heavy atom. The van der Waals surface area contributed by atoms with Gasteiger partial charge in [-0.3, -0.25) is 4.90 Å². The summed E-state index contributed by atoms with van der Waals surface area (Å²) < 4.78 is 38.8. The number of aromatic amines is 1. The first-order chi connectivity index (χ1) is 10.9. The second kappa shape index (κ2) is 5.93. The van der Waals surface area contributed by atoms with E-state index in [0.717, 1.165) is 4.57 Å². The normalized spacial score (nSPS) is 23.3. The minimum absolute atomic E-state index is 0.239. The largest absolute Gasteiger partial charge is 0.406 e. The van der Waals surface area contributed by atoms with Crippen molar-refractivity contribution < 1.29 is 18.3 Å². The van der Waals surface area contributed by atoms with E-state index in [1.165, 1.54) is 18.6 Å². The summed E-state index contributed by atoms with van der Waals surface area (Å²) in [4.78, 5) is 5.89. The maximum absolute atomic E-state index is 12.6. The molecular weight excluding hydrogens is 313 g/mol. The van der Waals surface area contributed by atoms with Crippen molar-refractivity contribution in [2.24, 2.45) is 0 Å². The summed E-state index contributed by atoms with van der Waals surface area (Å²) in [6.45, 7) is 0.129. The SMILES string of the molecule is OC1(c2cn[nH]n2)CCCN(Cc2nccn2CC(F)(F)F)C1. The maximum Gasteiger partial charge on any atom is 0.406 e. The lowest BCUT2D eigenvalue weighted by Gasteiger charge is -2.37. The van der Waals surface area contributed by atoms with Gasteiger partial charge in [0.2, 0.25) is 0 Å². The first kappa shape index (κ1) is 15.9. The maximum atomic E-state index is 12.6. The van der Waals surface area contributed by atoms with Crippen LogP contribution in [0.2, 0.25) is 0 Å². The van der Waals surface area contributed by atoms with Crippen molar-refractivity contribution in [2.75, 3.05) is 13.1 Å². The van der Waals surface area contributed by atoms with Crippen LogP contribution in [0.15, 0.2) is 18.6 Å². The average Bonchev–Trinajstić information content (AvgIpc) is 3.10. The second-order valence-electron chi connectivity index (χ2n) is 5.79. The number of aromatic nitrogens is 5. The highest BCUT2D eigenvalue weighted by atomic mass is 19.4. The fourth-order valence-corrected chi connectivity index (χ4v) is 2.92. The Balaban J connectivity index is 1.70. The van der Waals surface area contributed by atoms with Crippen LogP contribution in [0.4, 0.5) is 13.2 Å². The molecule has 23 heavy (non-hydrogen) atoms. The highest BCUT2D eigenvalue weighted by Crippen LogP contribution is 2.30. The summed E-state index contributed by atoms with van der Waals surface area (Å²) in [6.07, 6.45) is 1.09. The van der Waals surface area contributed by atoms with E-state index in [1.807, 2.05) is 4.90 Å². The van der Waals surface area contributed by atoms with Gasteiger partial charge in [-0.15, -0.1) is 0 Å². The van der Waals surface area contributed by atoms with Crippen molar-refractivity contribution in [3.05, 3.63) is 30.1 Å². The van der Waals surface area contributed by atoms with Crippen LogP contribution in [-0.4, -0.2) is 54.2 Å². The van der Waals surface area contributed by atoms with Crippen molar-refractivity contribution in [3.8, 4) is 0 Å². The number of alkyl halides is 3. The van der Waals surface area contributed by atoms with Gasteiger partial charge in [0.25, 0.3) is 0 Å². The molecule has 1 aliphatic heterocycles. The Morgan fingerprint density at radius 2 is 2.22 bits per heavy atom. The quantitative estimate of drug-likeness (QED) is 0.875. The third-order valence-corrected chi connectivity index (χ3v) is 3.96. The zero-order valence-corrected chi connectivity index (χ0v) is 12.3. The molecule has 3 rings (SSSR count). The molecule has 126 valence electrons. The van der Waals surface area contributed by atoms with Gasteiger partial charge in [0, 0.05) is 18.9 Å². The molecule has 0 aliphatic carbocycles. The van der Waals surface area contributed by atoms with Crippen LogP contribution >= 0.6 is 0 Å². The zero-order valence-electron chi connectivity index (χ0n) is 12.3. The number of nitrogens with one attached hydrogen (secondary N) is 1. The predicted molar refractivity (Wildman–Crippen MR) is 73.1 cm³/mol. The molecule has 1 unspecified atom stereocenters. The lowest BCUT2D eigenvalue weighted by atomic mass is 9.90. The van der Waals surface area contributed by atoms with Crippen LogP contribution in [0.5, 0.6) is 0 Å². The van der Waals surface area contributed by atoms with E-state index in [-0.39, 0.29) is 13.1 Å². The van der Waals surface area contributed by atoms with Crippen LogP contribution < -0.4 is 0 Å². The van der Waals surface area contributed by atoms with Crippen LogP contribution in [0, 0.1) is 0 Å². The summed E-state index contributed by atoms with van der Waals surface area (Å²) in [6, 6.07) is 0.